The van der Waals surface area contributed by atoms with E-state index in [-0.39, 0.29) is 46.8 Å². The second-order valence-corrected chi connectivity index (χ2v) is 21.9. The Bertz CT molecular complexity index is 2900. The number of halogens is 1. The number of fused-ring (bicyclic) bond motifs is 2. The summed E-state index contributed by atoms with van der Waals surface area (Å²) in [5, 5.41) is 6.00. The number of imide groups is 1. The van der Waals surface area contributed by atoms with Gasteiger partial charge in [0.05, 0.1) is 33.4 Å². The number of imidazole rings is 1. The number of carbonyl (C=O) groups excluding carboxylic acids is 2. The molecule has 5 aromatic rings. The molecule has 0 radical (unpaired) electrons. The van der Waals surface area contributed by atoms with Gasteiger partial charge in [0.1, 0.15) is 16.7 Å². The standard InChI is InChI=1S/C48H57ClN8O7S/c1-28-21-36(12-13-39(28)51-47-50-27-31-23-38(49)46(60)56(44(31)53-47)32-5-3-4-6-32)65(62,63)37-25-35(26-37)64-34-10-7-29(8-11-34)22-30-17-19-55(20-18-30)33-9-14-40-42(24-33)54(2)48(61)57(40)41-15-16-43(58)52-45(41)59/h9,12-14,21,23-24,27,29-30,32,34-35,37,41H,3-8,10-11,15-20,22,25-26H2,1-2H3,(H,50,51,53)(H,52,58,59). The van der Waals surface area contributed by atoms with Gasteiger partial charge < -0.3 is 15.0 Å². The molecule has 0 bridgehead atoms. The van der Waals surface area contributed by atoms with E-state index in [9.17, 15) is 27.6 Å². The molecule has 0 spiro atoms. The summed E-state index contributed by atoms with van der Waals surface area (Å²) in [6.45, 7) is 3.76. The molecule has 15 nitrogen and oxygen atoms in total. The van der Waals surface area contributed by atoms with Gasteiger partial charge in [0.15, 0.2) is 9.84 Å². The Labute approximate surface area is 382 Å². The molecule has 2 saturated heterocycles. The molecule has 17 heteroatoms. The highest BCUT2D eigenvalue weighted by Crippen LogP contribution is 2.40. The van der Waals surface area contributed by atoms with Crippen LogP contribution in [0.3, 0.4) is 0 Å². The molecule has 10 rings (SSSR count). The summed E-state index contributed by atoms with van der Waals surface area (Å²) in [7, 11) is -1.81. The number of rotatable bonds is 11. The lowest BCUT2D eigenvalue weighted by Gasteiger charge is -2.40. The lowest BCUT2D eigenvalue weighted by Crippen LogP contribution is -2.44. The van der Waals surface area contributed by atoms with Crippen molar-refractivity contribution in [3.8, 4) is 0 Å². The van der Waals surface area contributed by atoms with Crippen molar-refractivity contribution in [3.05, 3.63) is 80.1 Å². The van der Waals surface area contributed by atoms with Crippen LogP contribution >= 0.6 is 11.6 Å². The third kappa shape index (κ3) is 8.50. The number of nitrogens with one attached hydrogen (secondary N) is 2. The number of sulfone groups is 1. The first-order valence-corrected chi connectivity index (χ1v) is 25.4. The van der Waals surface area contributed by atoms with E-state index in [4.69, 9.17) is 21.3 Å². The highest BCUT2D eigenvalue weighted by atomic mass is 35.5. The number of aromatic nitrogens is 5. The molecule has 3 saturated carbocycles. The van der Waals surface area contributed by atoms with Gasteiger partial charge in [0.25, 0.3) is 5.56 Å². The normalized spacial score (nSPS) is 24.7. The van der Waals surface area contributed by atoms with Gasteiger partial charge in [-0.3, -0.25) is 33.4 Å². The minimum absolute atomic E-state index is 0.0399. The van der Waals surface area contributed by atoms with Crippen LogP contribution < -0.4 is 26.8 Å². The smallest absolute Gasteiger partial charge is 0.329 e. The fourth-order valence-corrected chi connectivity index (χ4v) is 13.4. The van der Waals surface area contributed by atoms with E-state index >= 15 is 0 Å². The Morgan fingerprint density at radius 3 is 2.31 bits per heavy atom. The van der Waals surface area contributed by atoms with Crippen molar-refractivity contribution in [1.29, 1.82) is 0 Å². The fourth-order valence-electron chi connectivity index (χ4n) is 11.2. The first-order valence-electron chi connectivity index (χ1n) is 23.4. The van der Waals surface area contributed by atoms with Crippen molar-refractivity contribution >= 4 is 72.6 Å². The maximum Gasteiger partial charge on any atom is 0.329 e. The number of pyridine rings is 1. The van der Waals surface area contributed by atoms with Crippen LogP contribution in [0.1, 0.15) is 114 Å². The van der Waals surface area contributed by atoms with Crippen LogP contribution in [0.15, 0.2) is 63.1 Å². The topological polar surface area (TPSA) is 180 Å². The zero-order valence-corrected chi connectivity index (χ0v) is 38.6. The van der Waals surface area contributed by atoms with Crippen LogP contribution in [0.2, 0.25) is 5.02 Å². The molecular formula is C48H57ClN8O7S. The molecular weight excluding hydrogens is 868 g/mol. The van der Waals surface area contributed by atoms with Gasteiger partial charge in [0, 0.05) is 55.6 Å². The Morgan fingerprint density at radius 2 is 1.58 bits per heavy atom. The monoisotopic (exact) mass is 924 g/mol. The highest BCUT2D eigenvalue weighted by molar-refractivity contribution is 7.92. The number of anilines is 3. The molecule has 5 fully saturated rings. The molecule has 1 unspecified atom stereocenters. The molecule has 2 aromatic carbocycles. The van der Waals surface area contributed by atoms with E-state index in [2.05, 4.69) is 26.6 Å². The molecule has 5 heterocycles. The van der Waals surface area contributed by atoms with Gasteiger partial charge in [-0.25, -0.2) is 18.2 Å². The minimum Gasteiger partial charge on any atom is -0.375 e. The largest absolute Gasteiger partial charge is 0.375 e. The third-order valence-electron chi connectivity index (χ3n) is 15.1. The van der Waals surface area contributed by atoms with Gasteiger partial charge in [0.2, 0.25) is 17.8 Å². The second-order valence-electron chi connectivity index (χ2n) is 19.2. The summed E-state index contributed by atoms with van der Waals surface area (Å²) in [6, 6.07) is 12.1. The van der Waals surface area contributed by atoms with Crippen LogP contribution in [-0.2, 0) is 31.2 Å². The summed E-state index contributed by atoms with van der Waals surface area (Å²) < 4.78 is 38.8. The first-order chi connectivity index (χ1) is 31.3. The molecule has 65 heavy (non-hydrogen) atoms. The molecule has 2 aliphatic heterocycles. The van der Waals surface area contributed by atoms with Crippen molar-refractivity contribution in [1.82, 2.24) is 29.0 Å². The summed E-state index contributed by atoms with van der Waals surface area (Å²) in [4.78, 5) is 62.6. The highest BCUT2D eigenvalue weighted by Gasteiger charge is 2.42. The number of carbonyl (C=O) groups is 2. The second kappa shape index (κ2) is 17.6. The predicted molar refractivity (Wildman–Crippen MR) is 250 cm³/mol. The van der Waals surface area contributed by atoms with Crippen LogP contribution in [-0.4, -0.2) is 74.4 Å². The quantitative estimate of drug-likeness (QED) is 0.126. The average Bonchev–Trinajstić information content (AvgIpc) is 3.90. The summed E-state index contributed by atoms with van der Waals surface area (Å²) in [5.74, 6) is 0.929. The first kappa shape index (κ1) is 43.8. The maximum atomic E-state index is 13.7. The van der Waals surface area contributed by atoms with E-state index < -0.39 is 27.0 Å². The van der Waals surface area contributed by atoms with Gasteiger partial charge in [-0.1, -0.05) is 24.4 Å². The predicted octanol–water partition coefficient (Wildman–Crippen LogP) is 7.43. The Kier molecular flexibility index (Phi) is 11.9. The maximum absolute atomic E-state index is 13.7. The summed E-state index contributed by atoms with van der Waals surface area (Å²) in [5.41, 5.74) is 4.03. The van der Waals surface area contributed by atoms with Gasteiger partial charge in [-0.2, -0.15) is 4.98 Å². The number of benzene rings is 2. The lowest BCUT2D eigenvalue weighted by molar-refractivity contribution is -0.135. The van der Waals surface area contributed by atoms with Crippen molar-refractivity contribution in [2.24, 2.45) is 18.9 Å². The lowest BCUT2D eigenvalue weighted by atomic mass is 9.79. The molecule has 3 aromatic heterocycles. The SMILES string of the molecule is Cc1cc(S(=O)(=O)C2CC(OC3CCC(CC4CCN(c5ccc6c(c5)n(C)c(=O)n6C5CCC(=O)NC5=O)CC4)CC3)C2)ccc1Nc1ncc2cc(Cl)c(=O)n(C3CCCC3)c2n1. The van der Waals surface area contributed by atoms with E-state index in [0.717, 1.165) is 94.1 Å². The van der Waals surface area contributed by atoms with Crippen LogP contribution in [0.4, 0.5) is 17.3 Å². The van der Waals surface area contributed by atoms with E-state index in [1.165, 1.54) is 11.0 Å². The Morgan fingerprint density at radius 1 is 0.846 bits per heavy atom. The van der Waals surface area contributed by atoms with E-state index in [0.29, 0.717) is 64.2 Å². The van der Waals surface area contributed by atoms with E-state index in [1.54, 1.807) is 46.6 Å². The van der Waals surface area contributed by atoms with Crippen molar-refractivity contribution in [3.63, 3.8) is 0 Å². The third-order valence-corrected chi connectivity index (χ3v) is 17.5. The molecule has 1 atom stereocenters. The van der Waals surface area contributed by atoms with Gasteiger partial charge in [-0.05, 0) is 144 Å². The van der Waals surface area contributed by atoms with E-state index in [1.807, 2.05) is 19.1 Å². The number of aryl methyl sites for hydroxylation is 2. The number of hydrogen-bond acceptors (Lipinski definition) is 11. The van der Waals surface area contributed by atoms with Crippen molar-refractivity contribution in [2.45, 2.75) is 138 Å². The minimum atomic E-state index is -3.54. The van der Waals surface area contributed by atoms with Crippen molar-refractivity contribution < 1.29 is 22.7 Å². The van der Waals surface area contributed by atoms with Crippen LogP contribution in [0, 0.1) is 18.8 Å². The zero-order chi connectivity index (χ0) is 45.1. The van der Waals surface area contributed by atoms with Crippen LogP contribution in [0.5, 0.6) is 0 Å². The van der Waals surface area contributed by atoms with Crippen LogP contribution in [0.25, 0.3) is 22.1 Å². The number of amides is 2. The summed E-state index contributed by atoms with van der Waals surface area (Å²) >= 11 is 6.30. The number of nitrogens with zero attached hydrogens (tertiary/aromatic N) is 6. The molecule has 2 N–H and O–H groups in total. The van der Waals surface area contributed by atoms with Gasteiger partial charge in [-0.15, -0.1) is 0 Å². The molecule has 3 aliphatic carbocycles. The average molecular weight is 926 g/mol. The Hall–Kier alpha value is -5.06. The Balaban J connectivity index is 0.680. The fraction of sp³-hybridized carbons (Fsp3) is 0.542. The van der Waals surface area contributed by atoms with Crippen molar-refractivity contribution in [2.75, 3.05) is 23.3 Å². The zero-order valence-electron chi connectivity index (χ0n) is 37.0. The summed E-state index contributed by atoms with van der Waals surface area (Å²) in [6.07, 6.45) is 15.0. The number of hydrogen-bond donors (Lipinski definition) is 2. The number of piperidine rings is 2. The molecule has 344 valence electrons. The molecule has 5 aliphatic rings. The molecule has 2 amide bonds. The number of ether oxygens (including phenoxy) is 1. The van der Waals surface area contributed by atoms with Gasteiger partial charge >= 0.3 is 5.69 Å².